The predicted molar refractivity (Wildman–Crippen MR) is 159 cm³/mol. The minimum absolute atomic E-state index is 0.226. The fourth-order valence-corrected chi connectivity index (χ4v) is 5.38. The zero-order valence-electron chi connectivity index (χ0n) is 25.1. The number of rotatable bonds is 8. The first-order valence-electron chi connectivity index (χ1n) is 14.5. The largest absolute Gasteiger partial charge is 0.476 e. The molecule has 2 N–H and O–H groups in total. The van der Waals surface area contributed by atoms with Crippen molar-refractivity contribution >= 4 is 23.1 Å². The first kappa shape index (κ1) is 29.7. The SMILES string of the molecule is CCOCc1nn(C)c2c1-c1cc3c(n[nH]c3cc1F)/C=C/c1c(OCC)nn(C[C@H](C)O)c1CN(CC)C[C@H](C)O2. The van der Waals surface area contributed by atoms with Crippen LogP contribution in [-0.4, -0.2) is 78.3 Å². The number of hydrogen-bond donors (Lipinski definition) is 2. The summed E-state index contributed by atoms with van der Waals surface area (Å²) in [7, 11) is 1.80. The van der Waals surface area contributed by atoms with Gasteiger partial charge in [-0.2, -0.15) is 10.2 Å². The summed E-state index contributed by atoms with van der Waals surface area (Å²) in [4.78, 5) is 2.25. The van der Waals surface area contributed by atoms with Gasteiger partial charge in [-0.15, -0.1) is 5.10 Å². The van der Waals surface area contributed by atoms with Crippen molar-refractivity contribution in [2.75, 3.05) is 26.3 Å². The Hall–Kier alpha value is -3.74. The Morgan fingerprint density at radius 1 is 1.19 bits per heavy atom. The number of halogens is 1. The Kier molecular flexibility index (Phi) is 8.95. The van der Waals surface area contributed by atoms with Crippen LogP contribution in [0.25, 0.3) is 34.2 Å². The van der Waals surface area contributed by atoms with E-state index in [9.17, 15) is 5.11 Å². The van der Waals surface area contributed by atoms with E-state index in [-0.39, 0.29) is 12.7 Å². The number of aromatic amines is 1. The van der Waals surface area contributed by atoms with Crippen molar-refractivity contribution < 1.29 is 23.7 Å². The number of nitrogens with one attached hydrogen (secondary N) is 1. The molecule has 5 rings (SSSR count). The van der Waals surface area contributed by atoms with Crippen LogP contribution in [0.4, 0.5) is 4.39 Å². The maximum absolute atomic E-state index is 15.8. The van der Waals surface area contributed by atoms with Crippen LogP contribution < -0.4 is 9.47 Å². The molecule has 0 saturated heterocycles. The molecule has 4 aromatic rings. The molecule has 0 unspecified atom stereocenters. The Morgan fingerprint density at radius 2 is 2.00 bits per heavy atom. The van der Waals surface area contributed by atoms with Crippen LogP contribution in [0.3, 0.4) is 0 Å². The molecule has 3 aromatic heterocycles. The van der Waals surface area contributed by atoms with Crippen LogP contribution in [-0.2, 0) is 31.5 Å². The minimum atomic E-state index is -0.598. The van der Waals surface area contributed by atoms with Crippen molar-refractivity contribution in [3.05, 3.63) is 40.6 Å². The van der Waals surface area contributed by atoms with Gasteiger partial charge in [-0.25, -0.2) is 9.07 Å². The summed E-state index contributed by atoms with van der Waals surface area (Å²) in [5.41, 5.74) is 4.46. The molecule has 1 aromatic carbocycles. The molecular formula is C30H40FN7O4. The third-order valence-electron chi connectivity index (χ3n) is 7.30. The summed E-state index contributed by atoms with van der Waals surface area (Å²) in [6.45, 7) is 13.0. The molecule has 0 radical (unpaired) electrons. The van der Waals surface area contributed by atoms with Gasteiger partial charge in [0, 0.05) is 43.8 Å². The fourth-order valence-electron chi connectivity index (χ4n) is 5.38. The molecule has 4 heterocycles. The summed E-state index contributed by atoms with van der Waals surface area (Å²) in [6, 6.07) is 3.24. The molecule has 12 heteroatoms. The van der Waals surface area contributed by atoms with E-state index in [1.165, 1.54) is 6.07 Å². The average molecular weight is 582 g/mol. The van der Waals surface area contributed by atoms with Crippen molar-refractivity contribution in [2.24, 2.45) is 7.05 Å². The molecule has 42 heavy (non-hydrogen) atoms. The number of aromatic nitrogens is 6. The lowest BCUT2D eigenvalue weighted by Crippen LogP contribution is -2.35. The molecule has 1 aliphatic heterocycles. The molecule has 0 spiro atoms. The summed E-state index contributed by atoms with van der Waals surface area (Å²) in [5.74, 6) is 0.546. The summed E-state index contributed by atoms with van der Waals surface area (Å²) >= 11 is 0. The molecule has 1 aliphatic rings. The lowest BCUT2D eigenvalue weighted by molar-refractivity contribution is 0.131. The van der Waals surface area contributed by atoms with Gasteiger partial charge in [0.05, 0.1) is 53.9 Å². The zero-order chi connectivity index (χ0) is 30.0. The van der Waals surface area contributed by atoms with Gasteiger partial charge in [0.15, 0.2) is 0 Å². The topological polar surface area (TPSA) is 115 Å². The second-order valence-corrected chi connectivity index (χ2v) is 10.6. The van der Waals surface area contributed by atoms with Crippen LogP contribution >= 0.6 is 0 Å². The van der Waals surface area contributed by atoms with Gasteiger partial charge in [0.2, 0.25) is 11.8 Å². The lowest BCUT2D eigenvalue weighted by atomic mass is 10.0. The maximum Gasteiger partial charge on any atom is 0.240 e. The highest BCUT2D eigenvalue weighted by molar-refractivity contribution is 5.93. The Morgan fingerprint density at radius 3 is 2.71 bits per heavy atom. The number of ether oxygens (including phenoxy) is 3. The van der Waals surface area contributed by atoms with Crippen molar-refractivity contribution in [1.82, 2.24) is 34.7 Å². The van der Waals surface area contributed by atoms with Crippen LogP contribution in [0, 0.1) is 5.82 Å². The van der Waals surface area contributed by atoms with Gasteiger partial charge in [0.25, 0.3) is 0 Å². The lowest BCUT2D eigenvalue weighted by Gasteiger charge is -2.26. The van der Waals surface area contributed by atoms with E-state index in [0.29, 0.717) is 72.6 Å². The number of aryl methyl sites for hydroxylation is 1. The van der Waals surface area contributed by atoms with Gasteiger partial charge >= 0.3 is 0 Å². The van der Waals surface area contributed by atoms with E-state index in [4.69, 9.17) is 19.3 Å². The van der Waals surface area contributed by atoms with E-state index in [1.807, 2.05) is 37.6 Å². The van der Waals surface area contributed by atoms with Gasteiger partial charge < -0.3 is 19.3 Å². The van der Waals surface area contributed by atoms with Crippen molar-refractivity contribution in [2.45, 2.75) is 66.5 Å². The number of aliphatic hydroxyl groups excluding tert-OH is 1. The van der Waals surface area contributed by atoms with E-state index in [1.54, 1.807) is 24.7 Å². The zero-order valence-corrected chi connectivity index (χ0v) is 25.1. The predicted octanol–water partition coefficient (Wildman–Crippen LogP) is 4.39. The number of hydrogen-bond acceptors (Lipinski definition) is 8. The summed E-state index contributed by atoms with van der Waals surface area (Å²) in [5, 5.41) is 27.8. The van der Waals surface area contributed by atoms with Crippen LogP contribution in [0.1, 0.15) is 57.3 Å². The molecular weight excluding hydrogens is 541 g/mol. The van der Waals surface area contributed by atoms with E-state index < -0.39 is 11.9 Å². The number of nitrogens with zero attached hydrogens (tertiary/aromatic N) is 6. The summed E-state index contributed by atoms with van der Waals surface area (Å²) in [6.07, 6.45) is 2.96. The van der Waals surface area contributed by atoms with Crippen molar-refractivity contribution in [3.63, 3.8) is 0 Å². The van der Waals surface area contributed by atoms with Gasteiger partial charge in [-0.1, -0.05) is 6.92 Å². The highest BCUT2D eigenvalue weighted by Gasteiger charge is 2.27. The molecule has 0 saturated carbocycles. The number of benzene rings is 1. The number of H-pyrrole nitrogens is 1. The van der Waals surface area contributed by atoms with Crippen LogP contribution in [0.5, 0.6) is 11.8 Å². The second-order valence-electron chi connectivity index (χ2n) is 10.6. The molecule has 11 nitrogen and oxygen atoms in total. The highest BCUT2D eigenvalue weighted by atomic mass is 19.1. The quantitative estimate of drug-likeness (QED) is 0.315. The third-order valence-corrected chi connectivity index (χ3v) is 7.30. The van der Waals surface area contributed by atoms with Crippen LogP contribution in [0.2, 0.25) is 0 Å². The normalized spacial score (nSPS) is 17.4. The summed E-state index contributed by atoms with van der Waals surface area (Å²) < 4.78 is 37.4. The van der Waals surface area contributed by atoms with Gasteiger partial charge in [-0.3, -0.25) is 14.7 Å². The first-order valence-corrected chi connectivity index (χ1v) is 14.5. The smallest absolute Gasteiger partial charge is 0.240 e. The van der Waals surface area contributed by atoms with E-state index in [0.717, 1.165) is 23.2 Å². The van der Waals surface area contributed by atoms with Crippen molar-refractivity contribution in [1.29, 1.82) is 0 Å². The molecule has 2 bridgehead atoms. The molecule has 0 fully saturated rings. The Labute approximate surface area is 244 Å². The maximum atomic E-state index is 15.8. The standard InChI is InChI=1S/C30H40FN7O4/c1-7-37-15-19(5)42-30-28(26(17-40-8-2)34-36(30)6)21-12-22-24(32-33-25(22)13-23(21)31)11-10-20-27(16-37)38(14-18(4)39)35-29(20)41-9-3/h10-13,18-19,39H,7-9,14-17H2,1-6H3,(H,32,33)/b11-10+/t18-,19-/m0/s1. The van der Waals surface area contributed by atoms with Crippen LogP contribution in [0.15, 0.2) is 12.1 Å². The Bertz CT molecular complexity index is 1570. The second kappa shape index (κ2) is 12.6. The van der Waals surface area contributed by atoms with Crippen molar-refractivity contribution in [3.8, 4) is 22.9 Å². The first-order chi connectivity index (χ1) is 20.2. The van der Waals surface area contributed by atoms with Gasteiger partial charge in [-0.05, 0) is 52.5 Å². The third kappa shape index (κ3) is 5.92. The molecule has 226 valence electrons. The number of likely N-dealkylation sites (N-methyl/N-ethyl adjacent to an activating group) is 1. The minimum Gasteiger partial charge on any atom is -0.476 e. The molecule has 0 aliphatic carbocycles. The fraction of sp³-hybridized carbons (Fsp3) is 0.500. The highest BCUT2D eigenvalue weighted by Crippen LogP contribution is 2.39. The average Bonchev–Trinajstić information content (AvgIpc) is 3.58. The Balaban J connectivity index is 1.74. The van der Waals surface area contributed by atoms with E-state index >= 15 is 4.39 Å². The number of fused-ring (bicyclic) bond motifs is 4. The number of aliphatic hydroxyl groups is 1. The van der Waals surface area contributed by atoms with E-state index in [2.05, 4.69) is 27.1 Å². The monoisotopic (exact) mass is 581 g/mol. The van der Waals surface area contributed by atoms with Gasteiger partial charge in [0.1, 0.15) is 17.6 Å². The molecule has 0 amide bonds. The molecule has 2 atom stereocenters.